The second kappa shape index (κ2) is 5.91. The molecule has 1 rings (SSSR count). The lowest BCUT2D eigenvalue weighted by atomic mass is 10.2. The van der Waals surface area contributed by atoms with Crippen LogP contribution in [0.3, 0.4) is 0 Å². The van der Waals surface area contributed by atoms with Crippen molar-refractivity contribution in [3.05, 3.63) is 28.8 Å². The number of nitrogens with two attached hydrogens (primary N) is 1. The van der Waals surface area contributed by atoms with Gasteiger partial charge in [-0.15, -0.1) is 11.8 Å². The van der Waals surface area contributed by atoms with Gasteiger partial charge in [0.25, 0.3) is 0 Å². The lowest BCUT2D eigenvalue weighted by Crippen LogP contribution is -2.05. The zero-order chi connectivity index (χ0) is 12.2. The molecule has 90 valence electrons. The third-order valence-electron chi connectivity index (χ3n) is 1.95. The molecule has 0 radical (unpaired) electrons. The molecule has 0 heterocycles. The van der Waals surface area contributed by atoms with E-state index in [4.69, 9.17) is 17.3 Å². The first-order valence-electron chi connectivity index (χ1n) is 4.71. The topological polar surface area (TPSA) is 60.2 Å². The Kier molecular flexibility index (Phi) is 5.11. The fraction of sp³-hybridized carbons (Fsp3) is 0.400. The summed E-state index contributed by atoms with van der Waals surface area (Å²) in [7, 11) is -2.90. The van der Waals surface area contributed by atoms with E-state index < -0.39 is 9.84 Å². The summed E-state index contributed by atoms with van der Waals surface area (Å²) in [5, 5.41) is 0.646. The van der Waals surface area contributed by atoms with Gasteiger partial charge in [-0.05, 0) is 23.8 Å². The first kappa shape index (κ1) is 13.8. The Morgan fingerprint density at radius 1 is 1.44 bits per heavy atom. The van der Waals surface area contributed by atoms with Crippen molar-refractivity contribution in [2.24, 2.45) is 5.73 Å². The maximum absolute atomic E-state index is 11.0. The Morgan fingerprint density at radius 3 is 2.69 bits per heavy atom. The van der Waals surface area contributed by atoms with E-state index >= 15 is 0 Å². The molecule has 1 aromatic carbocycles. The van der Waals surface area contributed by atoms with Crippen LogP contribution in [-0.2, 0) is 16.4 Å². The van der Waals surface area contributed by atoms with Crippen LogP contribution >= 0.6 is 23.4 Å². The first-order valence-corrected chi connectivity index (χ1v) is 8.14. The molecule has 3 nitrogen and oxygen atoms in total. The lowest BCUT2D eigenvalue weighted by molar-refractivity contribution is 0.603. The van der Waals surface area contributed by atoms with Gasteiger partial charge in [0.2, 0.25) is 0 Å². The quantitative estimate of drug-likeness (QED) is 0.837. The molecule has 1 aromatic rings. The Labute approximate surface area is 105 Å². The van der Waals surface area contributed by atoms with E-state index in [0.29, 0.717) is 17.3 Å². The SMILES string of the molecule is CS(=O)(=O)CCSc1ccc(Cl)cc1CN. The van der Waals surface area contributed by atoms with Crippen molar-refractivity contribution in [1.29, 1.82) is 0 Å². The van der Waals surface area contributed by atoms with Crippen LogP contribution in [0.5, 0.6) is 0 Å². The number of rotatable bonds is 5. The minimum Gasteiger partial charge on any atom is -0.326 e. The summed E-state index contributed by atoms with van der Waals surface area (Å²) in [6.45, 7) is 0.405. The molecule has 0 aromatic heterocycles. The first-order chi connectivity index (χ1) is 7.42. The van der Waals surface area contributed by atoms with Gasteiger partial charge in [0.15, 0.2) is 0 Å². The number of sulfone groups is 1. The van der Waals surface area contributed by atoms with E-state index in [2.05, 4.69) is 0 Å². The van der Waals surface area contributed by atoms with Gasteiger partial charge in [-0.1, -0.05) is 11.6 Å². The van der Waals surface area contributed by atoms with Crippen LogP contribution in [0, 0.1) is 0 Å². The molecule has 0 saturated carbocycles. The van der Waals surface area contributed by atoms with Gasteiger partial charge in [-0.2, -0.15) is 0 Å². The van der Waals surface area contributed by atoms with Crippen molar-refractivity contribution in [3.8, 4) is 0 Å². The van der Waals surface area contributed by atoms with Gasteiger partial charge in [0.05, 0.1) is 5.75 Å². The summed E-state index contributed by atoms with van der Waals surface area (Å²) >= 11 is 7.33. The van der Waals surface area contributed by atoms with E-state index in [1.807, 2.05) is 12.1 Å². The van der Waals surface area contributed by atoms with E-state index in [1.165, 1.54) is 18.0 Å². The second-order valence-corrected chi connectivity index (χ2v) is 7.27. The van der Waals surface area contributed by atoms with Crippen molar-refractivity contribution in [1.82, 2.24) is 0 Å². The standard InChI is InChI=1S/C10H14ClNO2S2/c1-16(13,14)5-4-15-10-3-2-9(11)6-8(10)7-12/h2-3,6H,4-5,7,12H2,1H3. The number of benzene rings is 1. The van der Waals surface area contributed by atoms with Crippen molar-refractivity contribution in [2.45, 2.75) is 11.4 Å². The molecule has 6 heteroatoms. The van der Waals surface area contributed by atoms with Crippen LogP contribution in [0.2, 0.25) is 5.02 Å². The molecule has 0 atom stereocenters. The van der Waals surface area contributed by atoms with E-state index in [1.54, 1.807) is 6.07 Å². The zero-order valence-corrected chi connectivity index (χ0v) is 11.3. The van der Waals surface area contributed by atoms with Gasteiger partial charge < -0.3 is 5.73 Å². The molecule has 0 saturated heterocycles. The molecule has 0 unspecified atom stereocenters. The molecular weight excluding hydrogens is 266 g/mol. The van der Waals surface area contributed by atoms with Crippen LogP contribution in [0.25, 0.3) is 0 Å². The second-order valence-electron chi connectivity index (χ2n) is 3.43. The predicted octanol–water partition coefficient (Wildman–Crippen LogP) is 1.94. The highest BCUT2D eigenvalue weighted by molar-refractivity contribution is 8.00. The van der Waals surface area contributed by atoms with E-state index in [9.17, 15) is 8.42 Å². The van der Waals surface area contributed by atoms with E-state index in [0.717, 1.165) is 10.5 Å². The molecule has 2 N–H and O–H groups in total. The maximum Gasteiger partial charge on any atom is 0.148 e. The number of thioether (sulfide) groups is 1. The Bertz CT molecular complexity index is 460. The molecule has 0 spiro atoms. The highest BCUT2D eigenvalue weighted by atomic mass is 35.5. The monoisotopic (exact) mass is 279 g/mol. The number of hydrogen-bond acceptors (Lipinski definition) is 4. The van der Waals surface area contributed by atoms with Crippen LogP contribution < -0.4 is 5.73 Å². The third kappa shape index (κ3) is 4.74. The van der Waals surface area contributed by atoms with Gasteiger partial charge in [0, 0.05) is 28.5 Å². The van der Waals surface area contributed by atoms with Crippen LogP contribution in [0.4, 0.5) is 0 Å². The van der Waals surface area contributed by atoms with Crippen LogP contribution in [-0.4, -0.2) is 26.2 Å². The maximum atomic E-state index is 11.0. The van der Waals surface area contributed by atoms with Crippen LogP contribution in [0.1, 0.15) is 5.56 Å². The zero-order valence-electron chi connectivity index (χ0n) is 8.94. The summed E-state index contributed by atoms with van der Waals surface area (Å²) in [4.78, 5) is 0.996. The molecular formula is C10H14ClNO2S2. The van der Waals surface area contributed by atoms with Crippen molar-refractivity contribution in [3.63, 3.8) is 0 Å². The van der Waals surface area contributed by atoms with Crippen molar-refractivity contribution < 1.29 is 8.42 Å². The molecule has 0 fully saturated rings. The molecule has 0 aliphatic rings. The number of hydrogen-bond donors (Lipinski definition) is 1. The minimum absolute atomic E-state index is 0.171. The molecule has 0 bridgehead atoms. The van der Waals surface area contributed by atoms with Gasteiger partial charge in [-0.25, -0.2) is 8.42 Å². The predicted molar refractivity (Wildman–Crippen MR) is 69.8 cm³/mol. The molecule has 0 aliphatic carbocycles. The molecule has 16 heavy (non-hydrogen) atoms. The Balaban J connectivity index is 2.67. The average molecular weight is 280 g/mol. The highest BCUT2D eigenvalue weighted by Crippen LogP contribution is 2.25. The average Bonchev–Trinajstić information content (AvgIpc) is 2.18. The van der Waals surface area contributed by atoms with Crippen molar-refractivity contribution in [2.75, 3.05) is 17.8 Å². The van der Waals surface area contributed by atoms with Gasteiger partial charge >= 0.3 is 0 Å². The van der Waals surface area contributed by atoms with Crippen molar-refractivity contribution >= 4 is 33.2 Å². The fourth-order valence-corrected chi connectivity index (χ4v) is 3.60. The molecule has 0 amide bonds. The summed E-state index contributed by atoms with van der Waals surface area (Å²) in [5.41, 5.74) is 6.54. The third-order valence-corrected chi connectivity index (χ3v) is 4.51. The normalized spacial score (nSPS) is 11.7. The van der Waals surface area contributed by atoms with Crippen LogP contribution in [0.15, 0.2) is 23.1 Å². The summed E-state index contributed by atoms with van der Waals surface area (Å²) < 4.78 is 21.9. The lowest BCUT2D eigenvalue weighted by Gasteiger charge is -2.07. The molecule has 0 aliphatic heterocycles. The van der Waals surface area contributed by atoms with E-state index in [-0.39, 0.29) is 5.75 Å². The van der Waals surface area contributed by atoms with Gasteiger partial charge in [0.1, 0.15) is 9.84 Å². The minimum atomic E-state index is -2.90. The number of halogens is 1. The largest absolute Gasteiger partial charge is 0.326 e. The Hall–Kier alpha value is -0.230. The summed E-state index contributed by atoms with van der Waals surface area (Å²) in [6, 6.07) is 5.46. The smallest absolute Gasteiger partial charge is 0.148 e. The van der Waals surface area contributed by atoms with Gasteiger partial charge in [-0.3, -0.25) is 0 Å². The summed E-state index contributed by atoms with van der Waals surface area (Å²) in [5.74, 6) is 0.706. The Morgan fingerprint density at radius 2 is 2.12 bits per heavy atom. The summed E-state index contributed by atoms with van der Waals surface area (Å²) in [6.07, 6.45) is 1.24. The highest BCUT2D eigenvalue weighted by Gasteiger charge is 2.06. The fourth-order valence-electron chi connectivity index (χ4n) is 1.15.